The largest absolute Gasteiger partial charge is 0.329 e. The van der Waals surface area contributed by atoms with Gasteiger partial charge in [-0.15, -0.1) is 0 Å². The second kappa shape index (κ2) is 8.80. The molecule has 2 N–H and O–H groups in total. The van der Waals surface area contributed by atoms with Crippen molar-refractivity contribution in [2.75, 3.05) is 11.9 Å². The highest BCUT2D eigenvalue weighted by molar-refractivity contribution is 9.10. The zero-order valence-corrected chi connectivity index (χ0v) is 19.0. The van der Waals surface area contributed by atoms with Crippen LogP contribution in [0.1, 0.15) is 17.0 Å². The Morgan fingerprint density at radius 2 is 1.91 bits per heavy atom. The summed E-state index contributed by atoms with van der Waals surface area (Å²) < 4.78 is 2.85. The number of nitrogens with one attached hydrogen (secondary N) is 2. The third-order valence-corrected chi connectivity index (χ3v) is 5.57. The molecular weight excluding hydrogens is 474 g/mol. The number of benzene rings is 1. The van der Waals surface area contributed by atoms with E-state index in [1.807, 2.05) is 42.7 Å². The van der Waals surface area contributed by atoms with Crippen molar-refractivity contribution in [3.63, 3.8) is 0 Å². The van der Waals surface area contributed by atoms with E-state index in [0.29, 0.717) is 5.69 Å². The number of hydrogen-bond donors (Lipinski definition) is 2. The van der Waals surface area contributed by atoms with Gasteiger partial charge in [0, 0.05) is 27.7 Å². The molecule has 1 saturated heterocycles. The van der Waals surface area contributed by atoms with E-state index < -0.39 is 17.8 Å². The molecule has 4 rings (SSSR count). The van der Waals surface area contributed by atoms with Crippen molar-refractivity contribution in [3.05, 3.63) is 81.8 Å². The fourth-order valence-electron chi connectivity index (χ4n) is 3.52. The molecule has 9 heteroatoms. The summed E-state index contributed by atoms with van der Waals surface area (Å²) in [5.41, 5.74) is 3.28. The second-order valence-corrected chi connectivity index (χ2v) is 8.20. The van der Waals surface area contributed by atoms with Gasteiger partial charge >= 0.3 is 6.03 Å². The molecular formula is C23H20BrN5O3. The number of pyridine rings is 1. The SMILES string of the molecule is Cc1cc(/C=C2\NC(=O)N(CC(=O)Nc3ccc(Br)cc3)C2=O)c(C)n1-c1ccccn1. The van der Waals surface area contributed by atoms with Gasteiger partial charge in [0.1, 0.15) is 18.1 Å². The van der Waals surface area contributed by atoms with Gasteiger partial charge in [0.15, 0.2) is 0 Å². The van der Waals surface area contributed by atoms with E-state index in [-0.39, 0.29) is 12.2 Å². The Morgan fingerprint density at radius 1 is 1.16 bits per heavy atom. The minimum Gasteiger partial charge on any atom is -0.325 e. The highest BCUT2D eigenvalue weighted by atomic mass is 79.9. The lowest BCUT2D eigenvalue weighted by Crippen LogP contribution is -2.38. The predicted molar refractivity (Wildman–Crippen MR) is 124 cm³/mol. The van der Waals surface area contributed by atoms with Gasteiger partial charge in [-0.25, -0.2) is 14.7 Å². The van der Waals surface area contributed by atoms with Crippen molar-refractivity contribution in [2.24, 2.45) is 0 Å². The summed E-state index contributed by atoms with van der Waals surface area (Å²) in [5.74, 6) is -0.255. The van der Waals surface area contributed by atoms with Gasteiger partial charge in [-0.2, -0.15) is 0 Å². The fraction of sp³-hybridized carbons (Fsp3) is 0.130. The van der Waals surface area contributed by atoms with Crippen LogP contribution in [-0.2, 0) is 9.59 Å². The molecule has 0 unspecified atom stereocenters. The number of carbonyl (C=O) groups excluding carboxylic acids is 3. The molecule has 1 aliphatic rings. The lowest BCUT2D eigenvalue weighted by atomic mass is 10.2. The van der Waals surface area contributed by atoms with E-state index in [0.717, 1.165) is 32.1 Å². The molecule has 1 fully saturated rings. The Morgan fingerprint density at radius 3 is 2.59 bits per heavy atom. The van der Waals surface area contributed by atoms with E-state index in [9.17, 15) is 14.4 Å². The Bertz CT molecular complexity index is 1230. The van der Waals surface area contributed by atoms with E-state index in [2.05, 4.69) is 31.5 Å². The van der Waals surface area contributed by atoms with Crippen LogP contribution in [-0.4, -0.2) is 38.8 Å². The first kappa shape index (κ1) is 21.5. The fourth-order valence-corrected chi connectivity index (χ4v) is 3.78. The molecule has 0 atom stereocenters. The number of aromatic nitrogens is 2. The molecule has 0 spiro atoms. The maximum Gasteiger partial charge on any atom is 0.329 e. The molecule has 0 radical (unpaired) electrons. The van der Waals surface area contributed by atoms with Crippen LogP contribution in [0.15, 0.2) is 64.9 Å². The number of aryl methyl sites for hydroxylation is 1. The Hall–Kier alpha value is -3.72. The number of imide groups is 1. The van der Waals surface area contributed by atoms with Crippen molar-refractivity contribution in [2.45, 2.75) is 13.8 Å². The number of urea groups is 1. The van der Waals surface area contributed by atoms with Crippen molar-refractivity contribution in [1.29, 1.82) is 0 Å². The van der Waals surface area contributed by atoms with Gasteiger partial charge in [0.05, 0.1) is 0 Å². The van der Waals surface area contributed by atoms with Crippen LogP contribution in [0.25, 0.3) is 11.9 Å². The van der Waals surface area contributed by atoms with Crippen LogP contribution in [0.4, 0.5) is 10.5 Å². The number of nitrogens with zero attached hydrogens (tertiary/aromatic N) is 3. The quantitative estimate of drug-likeness (QED) is 0.417. The van der Waals surface area contributed by atoms with Crippen LogP contribution in [0.2, 0.25) is 0 Å². The average molecular weight is 494 g/mol. The lowest BCUT2D eigenvalue weighted by molar-refractivity contribution is -0.127. The maximum absolute atomic E-state index is 12.8. The highest BCUT2D eigenvalue weighted by Gasteiger charge is 2.35. The number of carbonyl (C=O) groups is 3. The first-order chi connectivity index (χ1) is 15.3. The van der Waals surface area contributed by atoms with E-state index in [4.69, 9.17) is 0 Å². The van der Waals surface area contributed by atoms with E-state index >= 15 is 0 Å². The Balaban J connectivity index is 1.51. The smallest absolute Gasteiger partial charge is 0.325 e. The van der Waals surface area contributed by atoms with E-state index in [1.165, 1.54) is 0 Å². The number of halogens is 1. The summed E-state index contributed by atoms with van der Waals surface area (Å²) in [6.07, 6.45) is 3.33. The maximum atomic E-state index is 12.8. The molecule has 1 aliphatic heterocycles. The van der Waals surface area contributed by atoms with Crippen molar-refractivity contribution in [3.8, 4) is 5.82 Å². The topological polar surface area (TPSA) is 96.3 Å². The van der Waals surface area contributed by atoms with Crippen LogP contribution in [0, 0.1) is 13.8 Å². The average Bonchev–Trinajstić information content (AvgIpc) is 3.19. The Labute approximate surface area is 193 Å². The zero-order chi connectivity index (χ0) is 22.8. The second-order valence-electron chi connectivity index (χ2n) is 7.28. The highest BCUT2D eigenvalue weighted by Crippen LogP contribution is 2.23. The molecule has 8 nitrogen and oxygen atoms in total. The van der Waals surface area contributed by atoms with Crippen LogP contribution < -0.4 is 10.6 Å². The zero-order valence-electron chi connectivity index (χ0n) is 17.4. The molecule has 4 amide bonds. The minimum atomic E-state index is -0.634. The molecule has 0 aliphatic carbocycles. The molecule has 1 aromatic carbocycles. The van der Waals surface area contributed by atoms with Gasteiger partial charge in [-0.05, 0) is 68.0 Å². The summed E-state index contributed by atoms with van der Waals surface area (Å²) in [7, 11) is 0. The first-order valence-corrected chi connectivity index (χ1v) is 10.6. The van der Waals surface area contributed by atoms with Gasteiger partial charge in [0.2, 0.25) is 5.91 Å². The third-order valence-electron chi connectivity index (χ3n) is 5.04. The first-order valence-electron chi connectivity index (χ1n) is 9.84. The van der Waals surface area contributed by atoms with Crippen molar-refractivity contribution in [1.82, 2.24) is 19.8 Å². The van der Waals surface area contributed by atoms with Crippen molar-refractivity contribution < 1.29 is 14.4 Å². The lowest BCUT2D eigenvalue weighted by Gasteiger charge is -2.12. The third kappa shape index (κ3) is 4.33. The molecule has 32 heavy (non-hydrogen) atoms. The summed E-state index contributed by atoms with van der Waals surface area (Å²) in [5, 5.41) is 5.24. The number of anilines is 1. The Kier molecular flexibility index (Phi) is 5.91. The number of hydrogen-bond acceptors (Lipinski definition) is 4. The summed E-state index contributed by atoms with van der Waals surface area (Å²) in [4.78, 5) is 42.7. The van der Waals surface area contributed by atoms with Gasteiger partial charge in [-0.1, -0.05) is 22.0 Å². The van der Waals surface area contributed by atoms with Gasteiger partial charge in [-0.3, -0.25) is 9.59 Å². The summed E-state index contributed by atoms with van der Waals surface area (Å²) in [6.45, 7) is 3.47. The monoisotopic (exact) mass is 493 g/mol. The summed E-state index contributed by atoms with van der Waals surface area (Å²) in [6, 6.07) is 13.9. The predicted octanol–water partition coefficient (Wildman–Crippen LogP) is 3.78. The van der Waals surface area contributed by atoms with Gasteiger partial charge in [0.25, 0.3) is 5.91 Å². The normalized spacial score (nSPS) is 14.7. The standard InChI is InChI=1S/C23H20BrN5O3/c1-14-11-16(15(2)29(14)20-5-3-4-10-25-20)12-19-22(31)28(23(32)27-19)13-21(30)26-18-8-6-17(24)7-9-18/h3-12H,13H2,1-2H3,(H,26,30)(H,27,32)/b19-12-. The molecule has 162 valence electrons. The molecule has 3 aromatic rings. The minimum absolute atomic E-state index is 0.118. The molecule has 3 heterocycles. The van der Waals surface area contributed by atoms with Gasteiger partial charge < -0.3 is 15.2 Å². The molecule has 0 bridgehead atoms. The summed E-state index contributed by atoms with van der Waals surface area (Å²) >= 11 is 3.33. The van der Waals surface area contributed by atoms with Crippen LogP contribution in [0.3, 0.4) is 0 Å². The number of rotatable bonds is 5. The number of amides is 4. The van der Waals surface area contributed by atoms with Crippen LogP contribution >= 0.6 is 15.9 Å². The van der Waals surface area contributed by atoms with E-state index in [1.54, 1.807) is 36.5 Å². The van der Waals surface area contributed by atoms with Crippen molar-refractivity contribution >= 4 is 45.5 Å². The van der Waals surface area contributed by atoms with Crippen LogP contribution in [0.5, 0.6) is 0 Å². The molecule has 2 aromatic heterocycles. The molecule has 0 saturated carbocycles.